The van der Waals surface area contributed by atoms with Crippen LogP contribution in [0.15, 0.2) is 35.3 Å². The van der Waals surface area contributed by atoms with Gasteiger partial charge in [-0.05, 0) is 24.3 Å². The van der Waals surface area contributed by atoms with Crippen LogP contribution in [0.2, 0.25) is 0 Å². The maximum Gasteiger partial charge on any atom is 0.337 e. The van der Waals surface area contributed by atoms with Crippen LogP contribution in [0.5, 0.6) is 0 Å². The summed E-state index contributed by atoms with van der Waals surface area (Å²) in [5, 5.41) is 20.0. The molecular formula is C25H37N9O7. The number of hydrazine groups is 1. The number of carboxylic acid groups (broad SMARTS) is 1. The molecule has 0 spiro atoms. The maximum absolute atomic E-state index is 13.4. The number of hydrogen-bond acceptors (Lipinski definition) is 7. The lowest BCUT2D eigenvalue weighted by Gasteiger charge is -2.29. The second-order valence-electron chi connectivity index (χ2n) is 9.66. The zero-order valence-corrected chi connectivity index (χ0v) is 22.9. The molecule has 224 valence electrons. The number of carbonyl (C=O) groups is 6. The normalized spacial score (nSPS) is 20.9. The van der Waals surface area contributed by atoms with E-state index in [0.717, 1.165) is 5.01 Å². The summed E-state index contributed by atoms with van der Waals surface area (Å²) in [5.41, 5.74) is 13.6. The van der Waals surface area contributed by atoms with Crippen LogP contribution in [0, 0.1) is 5.92 Å². The molecule has 1 aliphatic rings. The van der Waals surface area contributed by atoms with Gasteiger partial charge in [-0.15, -0.1) is 0 Å². The summed E-state index contributed by atoms with van der Waals surface area (Å²) in [7, 11) is 0. The number of benzene rings is 1. The van der Waals surface area contributed by atoms with Gasteiger partial charge in [0.15, 0.2) is 5.96 Å². The van der Waals surface area contributed by atoms with E-state index in [1.54, 1.807) is 44.2 Å². The van der Waals surface area contributed by atoms with Gasteiger partial charge in [-0.3, -0.25) is 34.4 Å². The molecule has 0 aromatic heterocycles. The number of nitrogens with two attached hydrogens (primary N) is 2. The first-order chi connectivity index (χ1) is 19.4. The zero-order chi connectivity index (χ0) is 30.5. The molecule has 1 aromatic carbocycles. The van der Waals surface area contributed by atoms with Crippen molar-refractivity contribution in [3.05, 3.63) is 35.9 Å². The molecule has 1 aromatic rings. The molecule has 16 nitrogen and oxygen atoms in total. The third-order valence-electron chi connectivity index (χ3n) is 5.93. The summed E-state index contributed by atoms with van der Waals surface area (Å²) in [6, 6.07) is 3.88. The predicted molar refractivity (Wildman–Crippen MR) is 146 cm³/mol. The summed E-state index contributed by atoms with van der Waals surface area (Å²) in [6.07, 6.45) is -0.407. The van der Waals surface area contributed by atoms with E-state index in [1.807, 2.05) is 0 Å². The van der Waals surface area contributed by atoms with Gasteiger partial charge >= 0.3 is 12.0 Å². The minimum absolute atomic E-state index is 0.0938. The monoisotopic (exact) mass is 575 g/mol. The van der Waals surface area contributed by atoms with E-state index in [1.165, 1.54) is 0 Å². The van der Waals surface area contributed by atoms with Crippen LogP contribution in [0.25, 0.3) is 0 Å². The summed E-state index contributed by atoms with van der Waals surface area (Å²) in [6.45, 7) is 2.77. The van der Waals surface area contributed by atoms with Crippen LogP contribution in [0.4, 0.5) is 4.79 Å². The van der Waals surface area contributed by atoms with Crippen LogP contribution in [0.1, 0.15) is 38.7 Å². The van der Waals surface area contributed by atoms with Gasteiger partial charge in [0.05, 0.1) is 19.5 Å². The number of rotatable bonds is 9. The fourth-order valence-electron chi connectivity index (χ4n) is 3.84. The van der Waals surface area contributed by atoms with Crippen molar-refractivity contribution in [2.45, 2.75) is 57.8 Å². The number of amides is 6. The largest absolute Gasteiger partial charge is 0.481 e. The van der Waals surface area contributed by atoms with Crippen LogP contribution >= 0.6 is 0 Å². The summed E-state index contributed by atoms with van der Waals surface area (Å²) < 4.78 is 0. The number of nitrogens with one attached hydrogen (secondary N) is 5. The van der Waals surface area contributed by atoms with Crippen molar-refractivity contribution >= 4 is 41.6 Å². The Morgan fingerprint density at radius 3 is 2.29 bits per heavy atom. The van der Waals surface area contributed by atoms with E-state index < -0.39 is 72.6 Å². The number of guanidine groups is 1. The number of aliphatic imine (C=N–C) groups is 1. The Bertz CT molecular complexity index is 1140. The van der Waals surface area contributed by atoms with E-state index in [-0.39, 0.29) is 25.5 Å². The highest BCUT2D eigenvalue weighted by atomic mass is 16.4. The zero-order valence-electron chi connectivity index (χ0n) is 22.9. The highest BCUT2D eigenvalue weighted by Crippen LogP contribution is 2.09. The van der Waals surface area contributed by atoms with E-state index in [2.05, 4.69) is 31.7 Å². The quantitative estimate of drug-likeness (QED) is 0.0909. The Morgan fingerprint density at radius 1 is 1.00 bits per heavy atom. The van der Waals surface area contributed by atoms with Gasteiger partial charge in [-0.25, -0.2) is 9.80 Å². The Hall–Kier alpha value is -4.89. The molecule has 1 fully saturated rings. The van der Waals surface area contributed by atoms with Crippen molar-refractivity contribution in [3.63, 3.8) is 0 Å². The van der Waals surface area contributed by atoms with Crippen LogP contribution in [-0.4, -0.2) is 82.9 Å². The molecule has 10 N–H and O–H groups in total. The molecule has 0 radical (unpaired) electrons. The Kier molecular flexibility index (Phi) is 12.3. The van der Waals surface area contributed by atoms with Gasteiger partial charge in [0.25, 0.3) is 5.91 Å². The van der Waals surface area contributed by atoms with Gasteiger partial charge in [-0.2, -0.15) is 0 Å². The highest BCUT2D eigenvalue weighted by molar-refractivity contribution is 5.96. The third kappa shape index (κ3) is 11.0. The van der Waals surface area contributed by atoms with Crippen molar-refractivity contribution in [2.24, 2.45) is 22.4 Å². The van der Waals surface area contributed by atoms with E-state index in [9.17, 15) is 33.9 Å². The molecule has 1 saturated heterocycles. The minimum atomic E-state index is -1.58. The van der Waals surface area contributed by atoms with Crippen molar-refractivity contribution in [1.82, 2.24) is 31.7 Å². The van der Waals surface area contributed by atoms with E-state index in [0.29, 0.717) is 12.0 Å². The summed E-state index contributed by atoms with van der Waals surface area (Å²) >= 11 is 0. The first kappa shape index (κ1) is 32.3. The van der Waals surface area contributed by atoms with Crippen molar-refractivity contribution < 1.29 is 33.9 Å². The first-order valence-electron chi connectivity index (χ1n) is 12.9. The third-order valence-corrected chi connectivity index (χ3v) is 5.93. The molecule has 6 amide bonds. The van der Waals surface area contributed by atoms with Gasteiger partial charge < -0.3 is 37.8 Å². The maximum atomic E-state index is 13.4. The van der Waals surface area contributed by atoms with Gasteiger partial charge in [0, 0.05) is 6.54 Å². The summed E-state index contributed by atoms with van der Waals surface area (Å²) in [5.74, 6) is -5.22. The molecule has 0 saturated carbocycles. The second kappa shape index (κ2) is 15.6. The standard InChI is InChI=1S/C25H37N9O7/c1-14(2)20-23(40)31-16(9-6-10-28-24(26)27)21(38)29-12-18(35)30-17(11-19(36)37)22(39)33-34(25(41)32-20)13-15-7-4-3-5-8-15/h3-5,7-8,14,16-17,20H,6,9-13H2,1-2H3,(H,29,38)(H,30,35)(H,31,40)(H,32,41)(H,33,39)(H,36,37)(H4,26,27,28)/t16-,17-,20-/m0/s1. The molecule has 1 heterocycles. The van der Waals surface area contributed by atoms with Gasteiger partial charge in [0.1, 0.15) is 18.1 Å². The second-order valence-corrected chi connectivity index (χ2v) is 9.66. The SMILES string of the molecule is CC(C)[C@@H]1NC(=O)N(Cc2ccccc2)NC(=O)[C@H](CC(=O)O)NC(=O)CNC(=O)[C@H](CCCN=C(N)N)NC1=O. The lowest BCUT2D eigenvalue weighted by atomic mass is 10.0. The number of urea groups is 1. The number of nitrogens with zero attached hydrogens (tertiary/aromatic N) is 2. The van der Waals surface area contributed by atoms with Crippen molar-refractivity contribution in [1.29, 1.82) is 0 Å². The molecule has 3 atom stereocenters. The number of aliphatic carboxylic acids is 1. The molecule has 0 unspecified atom stereocenters. The Morgan fingerprint density at radius 2 is 1.68 bits per heavy atom. The first-order valence-corrected chi connectivity index (χ1v) is 12.9. The Balaban J connectivity index is 2.43. The topological polar surface area (TPSA) is 250 Å². The molecule has 16 heteroatoms. The molecular weight excluding hydrogens is 538 g/mol. The average Bonchev–Trinajstić information content (AvgIpc) is 2.90. The number of carbonyl (C=O) groups excluding carboxylic acids is 5. The molecule has 41 heavy (non-hydrogen) atoms. The van der Waals surface area contributed by atoms with Gasteiger partial charge in [-0.1, -0.05) is 44.2 Å². The molecule has 0 aliphatic carbocycles. The van der Waals surface area contributed by atoms with Crippen LogP contribution < -0.4 is 38.2 Å². The van der Waals surface area contributed by atoms with E-state index >= 15 is 0 Å². The number of hydrogen-bond donors (Lipinski definition) is 8. The fraction of sp³-hybridized carbons (Fsp3) is 0.480. The fourth-order valence-corrected chi connectivity index (χ4v) is 3.84. The van der Waals surface area contributed by atoms with Crippen LogP contribution in [0.3, 0.4) is 0 Å². The molecule has 1 aliphatic heterocycles. The highest BCUT2D eigenvalue weighted by Gasteiger charge is 2.33. The lowest BCUT2D eigenvalue weighted by molar-refractivity contribution is -0.141. The van der Waals surface area contributed by atoms with Gasteiger partial charge in [0.2, 0.25) is 17.7 Å². The van der Waals surface area contributed by atoms with E-state index in [4.69, 9.17) is 11.5 Å². The van der Waals surface area contributed by atoms with Crippen molar-refractivity contribution in [2.75, 3.05) is 13.1 Å². The summed E-state index contributed by atoms with van der Waals surface area (Å²) in [4.78, 5) is 80.5. The lowest BCUT2D eigenvalue weighted by Crippen LogP contribution is -2.60. The average molecular weight is 576 g/mol. The number of carboxylic acids is 1. The molecule has 0 bridgehead atoms. The predicted octanol–water partition coefficient (Wildman–Crippen LogP) is -2.12. The smallest absolute Gasteiger partial charge is 0.337 e. The van der Waals surface area contributed by atoms with Crippen LogP contribution in [-0.2, 0) is 30.5 Å². The molecule has 2 rings (SSSR count). The minimum Gasteiger partial charge on any atom is -0.481 e. The van der Waals surface area contributed by atoms with Crippen molar-refractivity contribution in [3.8, 4) is 0 Å². The Labute approximate surface area is 236 Å².